The molecule has 0 unspecified atom stereocenters. The van der Waals surface area contributed by atoms with Gasteiger partial charge in [-0.25, -0.2) is 0 Å². The van der Waals surface area contributed by atoms with E-state index in [1.165, 1.54) is 0 Å². The van der Waals surface area contributed by atoms with E-state index in [2.05, 4.69) is 0 Å². The molecule has 0 amide bonds. The largest absolute Gasteiger partial charge is 0.394 e. The van der Waals surface area contributed by atoms with Crippen LogP contribution in [0.3, 0.4) is 0 Å². The molecule has 0 heterocycles. The van der Waals surface area contributed by atoms with Crippen LogP contribution in [0.2, 0.25) is 0 Å². The molecule has 3 heteroatoms. The number of hydrogen-bond acceptors (Lipinski definition) is 3. The van der Waals surface area contributed by atoms with Crippen molar-refractivity contribution in [2.24, 2.45) is 0 Å². The number of aliphatic hydroxyl groups is 2. The van der Waals surface area contributed by atoms with Crippen LogP contribution in [-0.2, 0) is 0 Å². The van der Waals surface area contributed by atoms with E-state index in [-0.39, 0.29) is 6.61 Å². The van der Waals surface area contributed by atoms with Gasteiger partial charge in [0, 0.05) is 6.54 Å². The summed E-state index contributed by atoms with van der Waals surface area (Å²) in [6, 6.07) is 0. The van der Waals surface area contributed by atoms with Crippen LogP contribution in [0, 0.1) is 0 Å². The van der Waals surface area contributed by atoms with Gasteiger partial charge in [-0.05, 0) is 20.5 Å². The van der Waals surface area contributed by atoms with Crippen molar-refractivity contribution in [3.8, 4) is 0 Å². The van der Waals surface area contributed by atoms with Crippen LogP contribution in [0.25, 0.3) is 0 Å². The summed E-state index contributed by atoms with van der Waals surface area (Å²) in [5, 5.41) is 17.2. The molecule has 0 aromatic heterocycles. The zero-order valence-electron chi connectivity index (χ0n) is 6.04. The van der Waals surface area contributed by atoms with Crippen molar-refractivity contribution in [2.75, 3.05) is 27.2 Å². The molecule has 9 heavy (non-hydrogen) atoms. The minimum absolute atomic E-state index is 0.131. The molecule has 0 fully saturated rings. The van der Waals surface area contributed by atoms with E-state index >= 15 is 0 Å². The van der Waals surface area contributed by atoms with Crippen LogP contribution >= 0.6 is 0 Å². The van der Waals surface area contributed by atoms with Gasteiger partial charge in [-0.1, -0.05) is 0 Å². The molecule has 0 bridgehead atoms. The normalized spacial score (nSPS) is 14.3. The van der Waals surface area contributed by atoms with Crippen molar-refractivity contribution in [3.05, 3.63) is 0 Å². The Hall–Kier alpha value is -0.120. The van der Waals surface area contributed by atoms with E-state index in [4.69, 9.17) is 10.2 Å². The highest BCUT2D eigenvalue weighted by Gasteiger charge is 2.00. The minimum atomic E-state index is -0.549. The van der Waals surface area contributed by atoms with E-state index in [9.17, 15) is 0 Å². The molecule has 0 aliphatic carbocycles. The van der Waals surface area contributed by atoms with Gasteiger partial charge >= 0.3 is 0 Å². The fourth-order valence-electron chi connectivity index (χ4n) is 0.499. The summed E-state index contributed by atoms with van der Waals surface area (Å²) < 4.78 is 0. The van der Waals surface area contributed by atoms with Gasteiger partial charge in [-0.3, -0.25) is 0 Å². The Morgan fingerprint density at radius 1 is 1.44 bits per heavy atom. The van der Waals surface area contributed by atoms with Gasteiger partial charge in [0.2, 0.25) is 0 Å². The summed E-state index contributed by atoms with van der Waals surface area (Å²) in [7, 11) is 3.87. The lowest BCUT2D eigenvalue weighted by atomic mass is 10.2. The van der Waals surface area contributed by atoms with Gasteiger partial charge in [-0.2, -0.15) is 0 Å². The Labute approximate surface area is 55.9 Å². The molecule has 2 N–H and O–H groups in total. The molecular weight excluding hydrogens is 118 g/mol. The molecule has 0 aromatic rings. The first-order valence-corrected chi connectivity index (χ1v) is 3.10. The quantitative estimate of drug-likeness (QED) is 0.532. The molecule has 1 atom stereocenters. The average molecular weight is 133 g/mol. The summed E-state index contributed by atoms with van der Waals surface area (Å²) in [6.07, 6.45) is 0.0937. The SMILES string of the molecule is CN(C)CC[C@H](O)CO. The maximum atomic E-state index is 8.83. The van der Waals surface area contributed by atoms with Crippen molar-refractivity contribution in [2.45, 2.75) is 12.5 Å². The van der Waals surface area contributed by atoms with Crippen molar-refractivity contribution in [1.82, 2.24) is 4.90 Å². The Morgan fingerprint density at radius 3 is 2.33 bits per heavy atom. The van der Waals surface area contributed by atoms with Gasteiger partial charge in [0.25, 0.3) is 0 Å². The maximum absolute atomic E-state index is 8.83. The zero-order valence-corrected chi connectivity index (χ0v) is 6.04. The lowest BCUT2D eigenvalue weighted by Gasteiger charge is -2.11. The topological polar surface area (TPSA) is 43.7 Å². The molecular formula is C6H15NO2. The van der Waals surface area contributed by atoms with Gasteiger partial charge in [0.1, 0.15) is 0 Å². The third-order valence-electron chi connectivity index (χ3n) is 1.12. The first kappa shape index (κ1) is 8.88. The van der Waals surface area contributed by atoms with Gasteiger partial charge in [0.05, 0.1) is 12.7 Å². The molecule has 0 spiro atoms. The van der Waals surface area contributed by atoms with Gasteiger partial charge < -0.3 is 15.1 Å². The third-order valence-corrected chi connectivity index (χ3v) is 1.12. The third kappa shape index (κ3) is 5.76. The van der Waals surface area contributed by atoms with Crippen LogP contribution in [0.4, 0.5) is 0 Å². The van der Waals surface area contributed by atoms with E-state index in [0.29, 0.717) is 6.42 Å². The highest BCUT2D eigenvalue weighted by Crippen LogP contribution is 1.89. The molecule has 3 nitrogen and oxygen atoms in total. The first-order valence-electron chi connectivity index (χ1n) is 3.10. The lowest BCUT2D eigenvalue weighted by Crippen LogP contribution is -2.21. The second-order valence-electron chi connectivity index (χ2n) is 2.43. The fraction of sp³-hybridized carbons (Fsp3) is 1.00. The Kier molecular flexibility index (Phi) is 4.67. The zero-order chi connectivity index (χ0) is 7.28. The van der Waals surface area contributed by atoms with E-state index in [1.807, 2.05) is 19.0 Å². The molecule has 0 aromatic carbocycles. The van der Waals surface area contributed by atoms with E-state index < -0.39 is 6.10 Å². The summed E-state index contributed by atoms with van der Waals surface area (Å²) >= 11 is 0. The van der Waals surface area contributed by atoms with Crippen LogP contribution in [0.5, 0.6) is 0 Å². The molecule has 0 rings (SSSR count). The second kappa shape index (κ2) is 4.73. The van der Waals surface area contributed by atoms with Gasteiger partial charge in [0.15, 0.2) is 0 Å². The van der Waals surface area contributed by atoms with E-state index in [1.54, 1.807) is 0 Å². The lowest BCUT2D eigenvalue weighted by molar-refractivity contribution is 0.0820. The van der Waals surface area contributed by atoms with Crippen molar-refractivity contribution in [3.63, 3.8) is 0 Å². The second-order valence-corrected chi connectivity index (χ2v) is 2.43. The van der Waals surface area contributed by atoms with Gasteiger partial charge in [-0.15, -0.1) is 0 Å². The summed E-state index contributed by atoms with van der Waals surface area (Å²) in [5.41, 5.74) is 0. The van der Waals surface area contributed by atoms with Crippen LogP contribution in [0.1, 0.15) is 6.42 Å². The predicted molar refractivity (Wildman–Crippen MR) is 36.3 cm³/mol. The highest BCUT2D eigenvalue weighted by atomic mass is 16.3. The molecule has 0 radical (unpaired) electrons. The van der Waals surface area contributed by atoms with Crippen molar-refractivity contribution < 1.29 is 10.2 Å². The first-order chi connectivity index (χ1) is 4.16. The van der Waals surface area contributed by atoms with Crippen LogP contribution in [-0.4, -0.2) is 48.5 Å². The summed E-state index contributed by atoms with van der Waals surface area (Å²) in [4.78, 5) is 1.97. The van der Waals surface area contributed by atoms with Crippen molar-refractivity contribution in [1.29, 1.82) is 0 Å². The van der Waals surface area contributed by atoms with E-state index in [0.717, 1.165) is 6.54 Å². The smallest absolute Gasteiger partial charge is 0.0783 e. The number of hydrogen-bond donors (Lipinski definition) is 2. The summed E-state index contributed by atoms with van der Waals surface area (Å²) in [5.74, 6) is 0. The maximum Gasteiger partial charge on any atom is 0.0783 e. The monoisotopic (exact) mass is 133 g/mol. The molecule has 0 aliphatic heterocycles. The minimum Gasteiger partial charge on any atom is -0.394 e. The number of nitrogens with zero attached hydrogens (tertiary/aromatic N) is 1. The molecule has 0 aliphatic rings. The standard InChI is InChI=1S/C6H15NO2/c1-7(2)4-3-6(9)5-8/h6,8-9H,3-5H2,1-2H3/t6-/m0/s1. The molecule has 0 saturated carbocycles. The predicted octanol–water partition coefficient (Wildman–Crippen LogP) is -0.709. The Morgan fingerprint density at radius 2 is 2.00 bits per heavy atom. The van der Waals surface area contributed by atoms with Crippen LogP contribution in [0.15, 0.2) is 0 Å². The number of aliphatic hydroxyl groups excluding tert-OH is 2. The summed E-state index contributed by atoms with van der Waals surface area (Å²) in [6.45, 7) is 0.690. The highest BCUT2D eigenvalue weighted by molar-refractivity contribution is 4.54. The molecule has 56 valence electrons. The average Bonchev–Trinajstić information content (AvgIpc) is 1.83. The Bertz CT molecular complexity index is 66.1. The fourth-order valence-corrected chi connectivity index (χ4v) is 0.499. The number of rotatable bonds is 4. The Balaban J connectivity index is 3.06. The van der Waals surface area contributed by atoms with Crippen molar-refractivity contribution >= 4 is 0 Å². The molecule has 0 saturated heterocycles. The van der Waals surface area contributed by atoms with Crippen LogP contribution < -0.4 is 0 Å².